The molecular formula is C14H21N3O2. The first-order chi connectivity index (χ1) is 9.16. The molecule has 1 aliphatic rings. The molecule has 0 unspecified atom stereocenters. The third-order valence-corrected chi connectivity index (χ3v) is 3.44. The maximum atomic E-state index is 11.8. The molecule has 1 aliphatic heterocycles. The zero-order chi connectivity index (χ0) is 13.7. The SMILES string of the molecule is Cc1cc(=O)c(C(=O)NCCCN2CCCC2)c[nH]1. The fourth-order valence-electron chi connectivity index (χ4n) is 2.36. The van der Waals surface area contributed by atoms with Gasteiger partial charge in [0, 0.05) is 24.5 Å². The van der Waals surface area contributed by atoms with E-state index in [1.54, 1.807) is 6.92 Å². The van der Waals surface area contributed by atoms with Gasteiger partial charge in [0.05, 0.1) is 0 Å². The van der Waals surface area contributed by atoms with Gasteiger partial charge < -0.3 is 15.2 Å². The highest BCUT2D eigenvalue weighted by Gasteiger charge is 2.12. The molecule has 0 aliphatic carbocycles. The van der Waals surface area contributed by atoms with Gasteiger partial charge in [0.15, 0.2) is 5.43 Å². The van der Waals surface area contributed by atoms with Crippen molar-refractivity contribution in [1.82, 2.24) is 15.2 Å². The standard InChI is InChI=1S/C14H21N3O2/c1-11-9-13(18)12(10-16-11)14(19)15-5-4-8-17-6-2-3-7-17/h9-10H,2-8H2,1H3,(H,15,19)(H,16,18). The summed E-state index contributed by atoms with van der Waals surface area (Å²) in [6.07, 6.45) is 4.97. The third kappa shape index (κ3) is 3.92. The Morgan fingerprint density at radius 1 is 1.42 bits per heavy atom. The van der Waals surface area contributed by atoms with Gasteiger partial charge in [0.2, 0.25) is 0 Å². The van der Waals surface area contributed by atoms with Crippen LogP contribution in [0.15, 0.2) is 17.1 Å². The van der Waals surface area contributed by atoms with Crippen LogP contribution >= 0.6 is 0 Å². The lowest BCUT2D eigenvalue weighted by Crippen LogP contribution is -2.31. The summed E-state index contributed by atoms with van der Waals surface area (Å²) in [4.78, 5) is 28.8. The second-order valence-electron chi connectivity index (χ2n) is 5.05. The van der Waals surface area contributed by atoms with Gasteiger partial charge in [-0.15, -0.1) is 0 Å². The number of nitrogens with zero attached hydrogens (tertiary/aromatic N) is 1. The second-order valence-corrected chi connectivity index (χ2v) is 5.05. The van der Waals surface area contributed by atoms with Gasteiger partial charge in [-0.2, -0.15) is 0 Å². The van der Waals surface area contributed by atoms with Gasteiger partial charge in [-0.05, 0) is 45.8 Å². The Labute approximate surface area is 113 Å². The molecule has 0 spiro atoms. The third-order valence-electron chi connectivity index (χ3n) is 3.44. The molecule has 0 bridgehead atoms. The molecular weight excluding hydrogens is 242 g/mol. The minimum atomic E-state index is -0.289. The summed E-state index contributed by atoms with van der Waals surface area (Å²) in [5.74, 6) is -0.289. The van der Waals surface area contributed by atoms with Crippen LogP contribution in [0.25, 0.3) is 0 Å². The Kier molecular flexibility index (Phi) is 4.74. The summed E-state index contributed by atoms with van der Waals surface area (Å²) in [6, 6.07) is 1.44. The predicted octanol–water partition coefficient (Wildman–Crippen LogP) is 0.899. The van der Waals surface area contributed by atoms with Crippen molar-refractivity contribution in [3.8, 4) is 0 Å². The number of aromatic nitrogens is 1. The number of pyridine rings is 1. The van der Waals surface area contributed by atoms with E-state index in [0.29, 0.717) is 6.54 Å². The Hall–Kier alpha value is -1.62. The van der Waals surface area contributed by atoms with Crippen molar-refractivity contribution in [2.75, 3.05) is 26.2 Å². The van der Waals surface area contributed by atoms with E-state index in [2.05, 4.69) is 15.2 Å². The maximum Gasteiger partial charge on any atom is 0.256 e. The zero-order valence-corrected chi connectivity index (χ0v) is 11.4. The largest absolute Gasteiger partial charge is 0.364 e. The minimum Gasteiger partial charge on any atom is -0.364 e. The van der Waals surface area contributed by atoms with Gasteiger partial charge in [-0.1, -0.05) is 0 Å². The number of H-pyrrole nitrogens is 1. The van der Waals surface area contributed by atoms with Crippen molar-refractivity contribution in [2.24, 2.45) is 0 Å². The monoisotopic (exact) mass is 263 g/mol. The van der Waals surface area contributed by atoms with Crippen LogP contribution in [-0.4, -0.2) is 42.0 Å². The lowest BCUT2D eigenvalue weighted by molar-refractivity contribution is 0.0950. The summed E-state index contributed by atoms with van der Waals surface area (Å²) in [5.41, 5.74) is 0.718. The first-order valence-corrected chi connectivity index (χ1v) is 6.87. The van der Waals surface area contributed by atoms with E-state index in [0.717, 1.165) is 18.7 Å². The van der Waals surface area contributed by atoms with E-state index in [4.69, 9.17) is 0 Å². The first kappa shape index (κ1) is 13.8. The molecule has 1 amide bonds. The number of amides is 1. The van der Waals surface area contributed by atoms with Gasteiger partial charge in [0.25, 0.3) is 5.91 Å². The Balaban J connectivity index is 1.76. The van der Waals surface area contributed by atoms with E-state index < -0.39 is 0 Å². The zero-order valence-electron chi connectivity index (χ0n) is 11.4. The molecule has 1 saturated heterocycles. The highest BCUT2D eigenvalue weighted by molar-refractivity contribution is 5.93. The van der Waals surface area contributed by atoms with E-state index in [1.165, 1.54) is 38.2 Å². The quantitative estimate of drug-likeness (QED) is 0.776. The van der Waals surface area contributed by atoms with Crippen LogP contribution in [0.2, 0.25) is 0 Å². The van der Waals surface area contributed by atoms with E-state index in [9.17, 15) is 9.59 Å². The molecule has 2 rings (SSSR count). The minimum absolute atomic E-state index is 0.187. The Bertz CT molecular complexity index is 490. The highest BCUT2D eigenvalue weighted by Crippen LogP contribution is 2.06. The number of likely N-dealkylation sites (tertiary alicyclic amines) is 1. The van der Waals surface area contributed by atoms with Crippen molar-refractivity contribution in [1.29, 1.82) is 0 Å². The summed E-state index contributed by atoms with van der Waals surface area (Å²) < 4.78 is 0. The van der Waals surface area contributed by atoms with Gasteiger partial charge in [-0.25, -0.2) is 0 Å². The normalized spacial score (nSPS) is 15.6. The van der Waals surface area contributed by atoms with Gasteiger partial charge in [-0.3, -0.25) is 9.59 Å². The highest BCUT2D eigenvalue weighted by atomic mass is 16.2. The molecule has 2 N–H and O–H groups in total. The van der Waals surface area contributed by atoms with Crippen LogP contribution in [0.5, 0.6) is 0 Å². The van der Waals surface area contributed by atoms with E-state index in [1.807, 2.05) is 0 Å². The summed E-state index contributed by atoms with van der Waals surface area (Å²) in [6.45, 7) is 5.77. The average Bonchev–Trinajstić information content (AvgIpc) is 2.87. The Morgan fingerprint density at radius 2 is 2.16 bits per heavy atom. The number of hydrogen-bond acceptors (Lipinski definition) is 3. The topological polar surface area (TPSA) is 65.2 Å². The molecule has 0 atom stereocenters. The smallest absolute Gasteiger partial charge is 0.256 e. The van der Waals surface area contributed by atoms with Crippen LogP contribution in [0.1, 0.15) is 35.3 Å². The summed E-state index contributed by atoms with van der Waals surface area (Å²) in [7, 11) is 0. The molecule has 0 radical (unpaired) electrons. The summed E-state index contributed by atoms with van der Waals surface area (Å²) >= 11 is 0. The molecule has 1 fully saturated rings. The average molecular weight is 263 g/mol. The van der Waals surface area contributed by atoms with Crippen molar-refractivity contribution in [3.63, 3.8) is 0 Å². The van der Waals surface area contributed by atoms with E-state index in [-0.39, 0.29) is 16.9 Å². The number of rotatable bonds is 5. The molecule has 104 valence electrons. The number of carbonyl (C=O) groups is 1. The molecule has 5 heteroatoms. The molecule has 0 aromatic carbocycles. The molecule has 2 heterocycles. The van der Waals surface area contributed by atoms with Crippen molar-refractivity contribution < 1.29 is 4.79 Å². The van der Waals surface area contributed by atoms with Crippen LogP contribution in [-0.2, 0) is 0 Å². The number of aromatic amines is 1. The van der Waals surface area contributed by atoms with Crippen molar-refractivity contribution in [3.05, 3.63) is 33.7 Å². The van der Waals surface area contributed by atoms with Gasteiger partial charge in [0.1, 0.15) is 5.56 Å². The predicted molar refractivity (Wildman–Crippen MR) is 74.4 cm³/mol. The number of aryl methyl sites for hydroxylation is 1. The maximum absolute atomic E-state index is 11.8. The molecule has 1 aromatic heterocycles. The van der Waals surface area contributed by atoms with Crippen LogP contribution in [0.3, 0.4) is 0 Å². The van der Waals surface area contributed by atoms with Crippen molar-refractivity contribution in [2.45, 2.75) is 26.2 Å². The van der Waals surface area contributed by atoms with Crippen LogP contribution in [0.4, 0.5) is 0 Å². The van der Waals surface area contributed by atoms with Gasteiger partial charge >= 0.3 is 0 Å². The fraction of sp³-hybridized carbons (Fsp3) is 0.571. The van der Waals surface area contributed by atoms with Crippen molar-refractivity contribution >= 4 is 5.91 Å². The van der Waals surface area contributed by atoms with Crippen LogP contribution in [0, 0.1) is 6.92 Å². The molecule has 1 aromatic rings. The lowest BCUT2D eigenvalue weighted by Gasteiger charge is -2.14. The number of carbonyl (C=O) groups excluding carboxylic acids is 1. The first-order valence-electron chi connectivity index (χ1n) is 6.87. The second kappa shape index (κ2) is 6.52. The summed E-state index contributed by atoms with van der Waals surface area (Å²) in [5, 5.41) is 2.80. The van der Waals surface area contributed by atoms with E-state index >= 15 is 0 Å². The molecule has 19 heavy (non-hydrogen) atoms. The molecule has 0 saturated carbocycles. The lowest BCUT2D eigenvalue weighted by atomic mass is 10.2. The molecule has 5 nitrogen and oxygen atoms in total. The van der Waals surface area contributed by atoms with Crippen LogP contribution < -0.4 is 10.7 Å². The number of hydrogen-bond donors (Lipinski definition) is 2. The Morgan fingerprint density at radius 3 is 2.84 bits per heavy atom. The fourth-order valence-corrected chi connectivity index (χ4v) is 2.36. The number of nitrogens with one attached hydrogen (secondary N) is 2.